The fraction of sp³-hybridized carbons (Fsp3) is 0.951. The summed E-state index contributed by atoms with van der Waals surface area (Å²) < 4.78 is 16.9. The molecule has 0 N–H and O–H groups in total. The molecule has 0 radical (unpaired) electrons. The topological polar surface area (TPSA) is 78.9 Å². The van der Waals surface area contributed by atoms with Crippen molar-refractivity contribution in [3.63, 3.8) is 0 Å². The molecule has 0 aliphatic carbocycles. The lowest BCUT2D eigenvalue weighted by Gasteiger charge is -2.18. The third-order valence-corrected chi connectivity index (χ3v) is 14.0. The van der Waals surface area contributed by atoms with Crippen LogP contribution in [0.3, 0.4) is 0 Å². The summed E-state index contributed by atoms with van der Waals surface area (Å²) >= 11 is 0. The molecule has 0 bridgehead atoms. The van der Waals surface area contributed by atoms with Crippen LogP contribution in [0.25, 0.3) is 0 Å². The van der Waals surface area contributed by atoms with Crippen molar-refractivity contribution in [2.75, 3.05) is 13.2 Å². The van der Waals surface area contributed by atoms with Gasteiger partial charge in [0.25, 0.3) is 0 Å². The van der Waals surface area contributed by atoms with Crippen LogP contribution < -0.4 is 0 Å². The molecule has 0 saturated carbocycles. The molecule has 0 aromatic rings. The van der Waals surface area contributed by atoms with Crippen molar-refractivity contribution in [1.29, 1.82) is 0 Å². The molecule has 0 unspecified atom stereocenters. The van der Waals surface area contributed by atoms with Crippen molar-refractivity contribution >= 4 is 17.9 Å². The second-order valence-electron chi connectivity index (χ2n) is 21.9. The van der Waals surface area contributed by atoms with Gasteiger partial charge in [-0.05, 0) is 31.1 Å². The first kappa shape index (κ1) is 65.4. The maximum absolute atomic E-state index is 12.9. The molecule has 0 aromatic carbocycles. The maximum atomic E-state index is 12.9. The molecule has 0 aromatic heterocycles. The number of hydrogen-bond donors (Lipinski definition) is 0. The third kappa shape index (κ3) is 55.2. The van der Waals surface area contributed by atoms with Crippen molar-refractivity contribution in [3.8, 4) is 0 Å². The lowest BCUT2D eigenvalue weighted by Crippen LogP contribution is -2.30. The molecule has 0 fully saturated rings. The van der Waals surface area contributed by atoms with Gasteiger partial charge >= 0.3 is 17.9 Å². The molecular weight excluding hydrogens is 829 g/mol. The second kappa shape index (κ2) is 53.8. The third-order valence-electron chi connectivity index (χ3n) is 14.0. The van der Waals surface area contributed by atoms with Gasteiger partial charge in [0.1, 0.15) is 13.2 Å². The van der Waals surface area contributed by atoms with Crippen LogP contribution in [-0.4, -0.2) is 37.2 Å². The molecule has 0 spiro atoms. The van der Waals surface area contributed by atoms with Crippen molar-refractivity contribution < 1.29 is 28.6 Å². The lowest BCUT2D eigenvalue weighted by molar-refractivity contribution is -0.167. The Balaban J connectivity index is 4.29. The summed E-state index contributed by atoms with van der Waals surface area (Å²) in [4.78, 5) is 38.2. The highest BCUT2D eigenvalue weighted by atomic mass is 16.6. The minimum atomic E-state index is -0.763. The SMILES string of the molecule is CCCCCCCCCCCCCCCCCCCCC(=O)OC[C@@H](COC(=O)CCCCCCCCCCCCCCC(C)C)OC(=O)CCCCCCCCCCCCCCCC(C)C. The number of ether oxygens (including phenoxy) is 3. The minimum absolute atomic E-state index is 0.0623. The molecule has 0 aliphatic heterocycles. The van der Waals surface area contributed by atoms with E-state index in [1.165, 1.54) is 231 Å². The van der Waals surface area contributed by atoms with Gasteiger partial charge in [-0.25, -0.2) is 0 Å². The second-order valence-corrected chi connectivity index (χ2v) is 21.9. The lowest BCUT2D eigenvalue weighted by atomic mass is 10.0. The van der Waals surface area contributed by atoms with E-state index in [9.17, 15) is 14.4 Å². The van der Waals surface area contributed by atoms with Gasteiger partial charge in [0.15, 0.2) is 6.10 Å². The average molecular weight is 948 g/mol. The molecule has 0 amide bonds. The Kier molecular flexibility index (Phi) is 52.5. The number of carbonyl (C=O) groups excluding carboxylic acids is 3. The number of esters is 3. The quantitative estimate of drug-likeness (QED) is 0.0343. The maximum Gasteiger partial charge on any atom is 0.306 e. The van der Waals surface area contributed by atoms with E-state index in [0.717, 1.165) is 69.6 Å². The fourth-order valence-corrected chi connectivity index (χ4v) is 9.40. The molecule has 1 atom stereocenters. The van der Waals surface area contributed by atoms with Gasteiger partial charge < -0.3 is 14.2 Å². The van der Waals surface area contributed by atoms with Crippen molar-refractivity contribution in [1.82, 2.24) is 0 Å². The average Bonchev–Trinajstić information content (AvgIpc) is 3.30. The molecule has 0 rings (SSSR count). The largest absolute Gasteiger partial charge is 0.462 e. The van der Waals surface area contributed by atoms with Gasteiger partial charge in [-0.3, -0.25) is 14.4 Å². The highest BCUT2D eigenvalue weighted by Gasteiger charge is 2.19. The number of hydrogen-bond acceptors (Lipinski definition) is 6. The van der Waals surface area contributed by atoms with E-state index in [0.29, 0.717) is 19.3 Å². The molecule has 67 heavy (non-hydrogen) atoms. The van der Waals surface area contributed by atoms with Crippen molar-refractivity contribution in [3.05, 3.63) is 0 Å². The van der Waals surface area contributed by atoms with Gasteiger partial charge in [-0.2, -0.15) is 0 Å². The van der Waals surface area contributed by atoms with Gasteiger partial charge in [0.2, 0.25) is 0 Å². The smallest absolute Gasteiger partial charge is 0.306 e. The summed E-state index contributed by atoms with van der Waals surface area (Å²) in [5, 5.41) is 0. The van der Waals surface area contributed by atoms with Crippen molar-refractivity contribution in [2.24, 2.45) is 11.8 Å². The van der Waals surface area contributed by atoms with Crippen LogP contribution in [0.1, 0.15) is 343 Å². The minimum Gasteiger partial charge on any atom is -0.462 e. The van der Waals surface area contributed by atoms with Gasteiger partial charge in [0, 0.05) is 19.3 Å². The summed E-state index contributed by atoms with van der Waals surface area (Å²) in [5.74, 6) is 0.836. The Labute approximate surface area is 418 Å². The predicted octanol–water partition coefficient (Wildman–Crippen LogP) is 20.0. The Morgan fingerprint density at radius 2 is 0.493 bits per heavy atom. The first-order chi connectivity index (χ1) is 32.7. The van der Waals surface area contributed by atoms with Crippen LogP contribution >= 0.6 is 0 Å². The van der Waals surface area contributed by atoms with Crippen molar-refractivity contribution in [2.45, 2.75) is 349 Å². The Morgan fingerprint density at radius 1 is 0.284 bits per heavy atom. The first-order valence-electron chi connectivity index (χ1n) is 30.2. The van der Waals surface area contributed by atoms with E-state index in [4.69, 9.17) is 14.2 Å². The Hall–Kier alpha value is -1.59. The normalized spacial score (nSPS) is 12.0. The van der Waals surface area contributed by atoms with Crippen LogP contribution in [-0.2, 0) is 28.6 Å². The number of rotatable bonds is 55. The van der Waals surface area contributed by atoms with E-state index >= 15 is 0 Å². The zero-order chi connectivity index (χ0) is 48.9. The summed E-state index contributed by atoms with van der Waals surface area (Å²) in [6, 6.07) is 0. The molecule has 6 nitrogen and oxygen atoms in total. The van der Waals surface area contributed by atoms with E-state index in [2.05, 4.69) is 34.6 Å². The first-order valence-corrected chi connectivity index (χ1v) is 30.2. The van der Waals surface area contributed by atoms with Crippen LogP contribution in [0.5, 0.6) is 0 Å². The van der Waals surface area contributed by atoms with E-state index < -0.39 is 6.10 Å². The fourth-order valence-electron chi connectivity index (χ4n) is 9.40. The summed E-state index contributed by atoms with van der Waals surface area (Å²) in [5.41, 5.74) is 0. The number of unbranched alkanes of at least 4 members (excludes halogenated alkanes) is 40. The summed E-state index contributed by atoms with van der Waals surface area (Å²) in [6.45, 7) is 11.4. The predicted molar refractivity (Wildman–Crippen MR) is 289 cm³/mol. The summed E-state index contributed by atoms with van der Waals surface area (Å²) in [6.07, 6.45) is 58.1. The van der Waals surface area contributed by atoms with Crippen LogP contribution in [0.15, 0.2) is 0 Å². The Morgan fingerprint density at radius 3 is 0.731 bits per heavy atom. The van der Waals surface area contributed by atoms with Crippen LogP contribution in [0.2, 0.25) is 0 Å². The molecule has 0 heterocycles. The molecule has 398 valence electrons. The standard InChI is InChI=1S/C61H118O6/c1-6-7-8-9-10-11-12-13-14-15-16-17-20-26-31-36-41-46-51-59(62)65-54-58(55-66-60(63)52-47-42-37-32-27-23-22-25-30-35-40-45-50-57(4)5)67-61(64)53-48-43-38-33-28-21-18-19-24-29-34-39-44-49-56(2)3/h56-58H,6-55H2,1-5H3/t58-/m0/s1. The molecule has 0 aliphatic rings. The van der Waals surface area contributed by atoms with Gasteiger partial charge in [0.05, 0.1) is 0 Å². The van der Waals surface area contributed by atoms with E-state index in [1.54, 1.807) is 0 Å². The Bertz CT molecular complexity index is 1020. The monoisotopic (exact) mass is 947 g/mol. The highest BCUT2D eigenvalue weighted by molar-refractivity contribution is 5.71. The highest BCUT2D eigenvalue weighted by Crippen LogP contribution is 2.18. The van der Waals surface area contributed by atoms with Gasteiger partial charge in [-0.15, -0.1) is 0 Å². The molecule has 6 heteroatoms. The van der Waals surface area contributed by atoms with E-state index in [-0.39, 0.29) is 31.1 Å². The van der Waals surface area contributed by atoms with Gasteiger partial charge in [-0.1, -0.05) is 304 Å². The molecular formula is C61H118O6. The summed E-state index contributed by atoms with van der Waals surface area (Å²) in [7, 11) is 0. The molecule has 0 saturated heterocycles. The zero-order valence-corrected chi connectivity index (χ0v) is 46.0. The number of carbonyl (C=O) groups is 3. The zero-order valence-electron chi connectivity index (χ0n) is 46.0. The van der Waals surface area contributed by atoms with Crippen LogP contribution in [0.4, 0.5) is 0 Å². The van der Waals surface area contributed by atoms with Crippen LogP contribution in [0, 0.1) is 11.8 Å². The van der Waals surface area contributed by atoms with E-state index in [1.807, 2.05) is 0 Å².